The molecule has 0 spiro atoms. The number of carbonyl (C=O) groups excluding carboxylic acids is 1. The van der Waals surface area contributed by atoms with Crippen LogP contribution in [0.25, 0.3) is 11.1 Å². The summed E-state index contributed by atoms with van der Waals surface area (Å²) < 4.78 is 5.25. The number of aromatic nitrogens is 1. The second-order valence-electron chi connectivity index (χ2n) is 3.10. The van der Waals surface area contributed by atoms with Gasteiger partial charge in [-0.25, -0.2) is 4.98 Å². The number of hydrogen-bond donors (Lipinski definition) is 1. The zero-order valence-corrected chi connectivity index (χ0v) is 7.87. The summed E-state index contributed by atoms with van der Waals surface area (Å²) in [7, 11) is 0. The van der Waals surface area contributed by atoms with Crippen LogP contribution in [-0.2, 0) is 0 Å². The van der Waals surface area contributed by atoms with Gasteiger partial charge < -0.3 is 9.52 Å². The molecule has 14 heavy (non-hydrogen) atoms. The smallest absolute Gasteiger partial charge is 0.192 e. The quantitative estimate of drug-likeness (QED) is 0.700. The number of phenolic OH excluding ortho intramolecular Hbond substituents is 1. The van der Waals surface area contributed by atoms with Gasteiger partial charge in [0.25, 0.3) is 0 Å². The fourth-order valence-electron chi connectivity index (χ4n) is 1.43. The Morgan fingerprint density at radius 1 is 1.50 bits per heavy atom. The van der Waals surface area contributed by atoms with Gasteiger partial charge in [-0.15, -0.1) is 0 Å². The number of aryl methyl sites for hydroxylation is 1. The second kappa shape index (κ2) is 2.83. The third-order valence-electron chi connectivity index (χ3n) is 1.99. The SMILES string of the molecule is CC(=O)c1c(O)ccc2nc(C)oc12. The van der Waals surface area contributed by atoms with Crippen molar-refractivity contribution in [3.63, 3.8) is 0 Å². The molecule has 0 aliphatic rings. The topological polar surface area (TPSA) is 63.3 Å². The highest BCUT2D eigenvalue weighted by molar-refractivity contribution is 6.06. The molecule has 0 unspecified atom stereocenters. The Morgan fingerprint density at radius 3 is 2.86 bits per heavy atom. The molecule has 1 aromatic carbocycles. The molecule has 0 atom stereocenters. The maximum atomic E-state index is 11.2. The first-order valence-corrected chi connectivity index (χ1v) is 4.19. The minimum absolute atomic E-state index is 0.0684. The Balaban J connectivity index is 2.88. The number of carbonyl (C=O) groups is 1. The van der Waals surface area contributed by atoms with Crippen molar-refractivity contribution < 1.29 is 14.3 Å². The van der Waals surface area contributed by atoms with Crippen LogP contribution in [0.1, 0.15) is 23.2 Å². The lowest BCUT2D eigenvalue weighted by Crippen LogP contribution is -1.93. The number of benzene rings is 1. The number of phenols is 1. The molecule has 0 aliphatic heterocycles. The van der Waals surface area contributed by atoms with Crippen LogP contribution in [0.3, 0.4) is 0 Å². The Hall–Kier alpha value is -1.84. The molecule has 0 radical (unpaired) electrons. The molecule has 0 aliphatic carbocycles. The molecule has 0 bridgehead atoms. The van der Waals surface area contributed by atoms with Crippen LogP contribution in [0.15, 0.2) is 16.5 Å². The van der Waals surface area contributed by atoms with Gasteiger partial charge in [0.1, 0.15) is 16.8 Å². The summed E-state index contributed by atoms with van der Waals surface area (Å²) >= 11 is 0. The molecular weight excluding hydrogens is 182 g/mol. The summed E-state index contributed by atoms with van der Waals surface area (Å²) in [5, 5.41) is 9.48. The molecule has 0 saturated carbocycles. The third kappa shape index (κ3) is 1.16. The van der Waals surface area contributed by atoms with E-state index in [0.717, 1.165) is 0 Å². The van der Waals surface area contributed by atoms with Crippen molar-refractivity contribution in [2.24, 2.45) is 0 Å². The molecule has 4 heteroatoms. The highest BCUT2D eigenvalue weighted by Crippen LogP contribution is 2.27. The van der Waals surface area contributed by atoms with Gasteiger partial charge in [0, 0.05) is 6.92 Å². The van der Waals surface area contributed by atoms with Crippen LogP contribution < -0.4 is 0 Å². The van der Waals surface area contributed by atoms with E-state index in [1.165, 1.54) is 13.0 Å². The van der Waals surface area contributed by atoms with Gasteiger partial charge in [0.2, 0.25) is 0 Å². The van der Waals surface area contributed by atoms with E-state index in [0.29, 0.717) is 17.0 Å². The van der Waals surface area contributed by atoms with E-state index < -0.39 is 0 Å². The van der Waals surface area contributed by atoms with E-state index in [9.17, 15) is 9.90 Å². The molecule has 1 N–H and O–H groups in total. The zero-order chi connectivity index (χ0) is 10.3. The van der Waals surface area contributed by atoms with E-state index in [1.54, 1.807) is 13.0 Å². The first kappa shape index (κ1) is 8.74. The molecule has 1 heterocycles. The van der Waals surface area contributed by atoms with E-state index in [1.807, 2.05) is 0 Å². The van der Waals surface area contributed by atoms with E-state index in [2.05, 4.69) is 4.98 Å². The lowest BCUT2D eigenvalue weighted by atomic mass is 10.1. The molecule has 0 amide bonds. The largest absolute Gasteiger partial charge is 0.507 e. The average Bonchev–Trinajstić information content (AvgIpc) is 2.43. The van der Waals surface area contributed by atoms with Crippen LogP contribution in [0.4, 0.5) is 0 Å². The molecule has 2 rings (SSSR count). The predicted molar refractivity (Wildman–Crippen MR) is 50.4 cm³/mol. The van der Waals surface area contributed by atoms with E-state index >= 15 is 0 Å². The standard InChI is InChI=1S/C10H9NO3/c1-5(12)9-8(13)4-3-7-10(9)14-6(2)11-7/h3-4,13H,1-2H3. The van der Waals surface area contributed by atoms with Gasteiger partial charge in [0.15, 0.2) is 17.3 Å². The highest BCUT2D eigenvalue weighted by atomic mass is 16.3. The highest BCUT2D eigenvalue weighted by Gasteiger charge is 2.15. The van der Waals surface area contributed by atoms with Gasteiger partial charge in [0.05, 0.1) is 0 Å². The Kier molecular flexibility index (Phi) is 1.77. The zero-order valence-electron chi connectivity index (χ0n) is 7.87. The molecule has 1 aromatic heterocycles. The maximum Gasteiger partial charge on any atom is 0.192 e. The number of fused-ring (bicyclic) bond motifs is 1. The number of nitrogens with zero attached hydrogens (tertiary/aromatic N) is 1. The Morgan fingerprint density at radius 2 is 2.21 bits per heavy atom. The van der Waals surface area contributed by atoms with Crippen molar-refractivity contribution in [3.8, 4) is 5.75 Å². The van der Waals surface area contributed by atoms with Gasteiger partial charge in [-0.05, 0) is 19.1 Å². The van der Waals surface area contributed by atoms with Crippen LogP contribution in [0.5, 0.6) is 5.75 Å². The number of rotatable bonds is 1. The van der Waals surface area contributed by atoms with Crippen LogP contribution >= 0.6 is 0 Å². The number of oxazole rings is 1. The van der Waals surface area contributed by atoms with Crippen LogP contribution in [-0.4, -0.2) is 15.9 Å². The molecule has 72 valence electrons. The lowest BCUT2D eigenvalue weighted by Gasteiger charge is -1.99. The van der Waals surface area contributed by atoms with Crippen LogP contribution in [0, 0.1) is 6.92 Å². The number of aromatic hydroxyl groups is 1. The number of Topliss-reactive ketones (excluding diaryl/α,β-unsaturated/α-hetero) is 1. The van der Waals surface area contributed by atoms with Crippen molar-refractivity contribution in [3.05, 3.63) is 23.6 Å². The number of ketones is 1. The molecule has 0 saturated heterocycles. The fraction of sp³-hybridized carbons (Fsp3) is 0.200. The molecular formula is C10H9NO3. The summed E-state index contributed by atoms with van der Waals surface area (Å²) in [6, 6.07) is 3.06. The monoisotopic (exact) mass is 191 g/mol. The van der Waals surface area contributed by atoms with Crippen molar-refractivity contribution in [2.75, 3.05) is 0 Å². The normalized spacial score (nSPS) is 10.7. The minimum Gasteiger partial charge on any atom is -0.507 e. The summed E-state index contributed by atoms with van der Waals surface area (Å²) in [4.78, 5) is 15.3. The van der Waals surface area contributed by atoms with Crippen molar-refractivity contribution in [1.29, 1.82) is 0 Å². The Labute approximate surface area is 80.2 Å². The minimum atomic E-state index is -0.232. The van der Waals surface area contributed by atoms with Crippen LogP contribution in [0.2, 0.25) is 0 Å². The summed E-state index contributed by atoms with van der Waals surface area (Å²) in [5.74, 6) is 0.179. The van der Waals surface area contributed by atoms with Crippen molar-refractivity contribution >= 4 is 16.9 Å². The van der Waals surface area contributed by atoms with Gasteiger partial charge in [-0.3, -0.25) is 4.79 Å². The lowest BCUT2D eigenvalue weighted by molar-refractivity contribution is 0.101. The first-order valence-electron chi connectivity index (χ1n) is 4.19. The predicted octanol–water partition coefficient (Wildman–Crippen LogP) is 2.04. The molecule has 2 aromatic rings. The van der Waals surface area contributed by atoms with Crippen molar-refractivity contribution in [1.82, 2.24) is 4.98 Å². The van der Waals surface area contributed by atoms with Gasteiger partial charge in [-0.2, -0.15) is 0 Å². The maximum absolute atomic E-state index is 11.2. The third-order valence-corrected chi connectivity index (χ3v) is 1.99. The van der Waals surface area contributed by atoms with Gasteiger partial charge >= 0.3 is 0 Å². The van der Waals surface area contributed by atoms with E-state index in [-0.39, 0.29) is 17.1 Å². The summed E-state index contributed by atoms with van der Waals surface area (Å²) in [6.45, 7) is 3.08. The van der Waals surface area contributed by atoms with E-state index in [4.69, 9.17) is 4.42 Å². The van der Waals surface area contributed by atoms with Gasteiger partial charge in [-0.1, -0.05) is 0 Å². The summed E-state index contributed by atoms with van der Waals surface area (Å²) in [6.07, 6.45) is 0. The van der Waals surface area contributed by atoms with Crippen molar-refractivity contribution in [2.45, 2.75) is 13.8 Å². The fourth-order valence-corrected chi connectivity index (χ4v) is 1.43. The molecule has 4 nitrogen and oxygen atoms in total. The molecule has 0 fully saturated rings. The second-order valence-corrected chi connectivity index (χ2v) is 3.10. The number of hydrogen-bond acceptors (Lipinski definition) is 4. The first-order chi connectivity index (χ1) is 6.59. The Bertz CT molecular complexity index is 513. The summed E-state index contributed by atoms with van der Waals surface area (Å²) in [5.41, 5.74) is 1.14. The average molecular weight is 191 g/mol.